The van der Waals surface area contributed by atoms with Crippen molar-refractivity contribution >= 4 is 0 Å². The predicted octanol–water partition coefficient (Wildman–Crippen LogP) is 3.11. The van der Waals surface area contributed by atoms with Crippen molar-refractivity contribution in [2.45, 2.75) is 39.7 Å². The molecule has 0 bridgehead atoms. The third-order valence-electron chi connectivity index (χ3n) is 3.62. The summed E-state index contributed by atoms with van der Waals surface area (Å²) in [4.78, 5) is 0. The van der Waals surface area contributed by atoms with E-state index in [1.54, 1.807) is 0 Å². The third-order valence-corrected chi connectivity index (χ3v) is 3.62. The van der Waals surface area contributed by atoms with Gasteiger partial charge in [0, 0.05) is 0 Å². The molecule has 2 rings (SSSR count). The van der Waals surface area contributed by atoms with Gasteiger partial charge in [-0.3, -0.25) is 0 Å². The van der Waals surface area contributed by atoms with Crippen LogP contribution in [0.3, 0.4) is 0 Å². The van der Waals surface area contributed by atoms with E-state index in [2.05, 4.69) is 32.0 Å². The number of rotatable bonds is 2. The minimum Gasteiger partial charge on any atom is -0.389 e. The summed E-state index contributed by atoms with van der Waals surface area (Å²) < 4.78 is 0. The first-order chi connectivity index (χ1) is 7.08. The molecular formula is C14H20O. The largest absolute Gasteiger partial charge is 0.389 e. The van der Waals surface area contributed by atoms with Gasteiger partial charge < -0.3 is 5.11 Å². The topological polar surface area (TPSA) is 20.2 Å². The lowest BCUT2D eigenvalue weighted by Crippen LogP contribution is -2.07. The summed E-state index contributed by atoms with van der Waals surface area (Å²) in [7, 11) is 0. The van der Waals surface area contributed by atoms with Crippen LogP contribution in [0.2, 0.25) is 0 Å². The van der Waals surface area contributed by atoms with Crippen LogP contribution < -0.4 is 0 Å². The van der Waals surface area contributed by atoms with Crippen LogP contribution in [0.4, 0.5) is 0 Å². The Morgan fingerprint density at radius 2 is 1.80 bits per heavy atom. The van der Waals surface area contributed by atoms with E-state index in [-0.39, 0.29) is 6.10 Å². The van der Waals surface area contributed by atoms with Gasteiger partial charge in [0.1, 0.15) is 0 Å². The Hall–Kier alpha value is -0.820. The Labute approximate surface area is 92.1 Å². The van der Waals surface area contributed by atoms with E-state index in [0.29, 0.717) is 0 Å². The SMILES string of the molecule is CC(C)[C@@H]1Cc2ccc([C@H](C)O)cc2C1. The molecule has 0 aromatic heterocycles. The predicted molar refractivity (Wildman–Crippen MR) is 62.8 cm³/mol. The van der Waals surface area contributed by atoms with Crippen molar-refractivity contribution in [2.24, 2.45) is 11.8 Å². The number of aliphatic hydroxyl groups is 1. The van der Waals surface area contributed by atoms with Gasteiger partial charge in [-0.1, -0.05) is 32.0 Å². The third kappa shape index (κ3) is 2.07. The van der Waals surface area contributed by atoms with E-state index in [9.17, 15) is 5.11 Å². The molecule has 2 atom stereocenters. The van der Waals surface area contributed by atoms with Gasteiger partial charge in [0.05, 0.1) is 6.10 Å². The molecule has 0 heterocycles. The zero-order valence-electron chi connectivity index (χ0n) is 9.83. The Morgan fingerprint density at radius 1 is 1.13 bits per heavy atom. The maximum atomic E-state index is 9.53. The maximum Gasteiger partial charge on any atom is 0.0762 e. The van der Waals surface area contributed by atoms with E-state index >= 15 is 0 Å². The van der Waals surface area contributed by atoms with E-state index in [0.717, 1.165) is 17.4 Å². The highest BCUT2D eigenvalue weighted by Gasteiger charge is 2.24. The van der Waals surface area contributed by atoms with Crippen LogP contribution in [-0.4, -0.2) is 5.11 Å². The molecule has 1 heteroatoms. The Morgan fingerprint density at radius 3 is 2.40 bits per heavy atom. The molecule has 82 valence electrons. The van der Waals surface area contributed by atoms with Crippen molar-refractivity contribution in [3.8, 4) is 0 Å². The summed E-state index contributed by atoms with van der Waals surface area (Å²) in [5.41, 5.74) is 3.99. The monoisotopic (exact) mass is 204 g/mol. The molecule has 1 nitrogen and oxygen atoms in total. The Bertz CT molecular complexity index is 352. The van der Waals surface area contributed by atoms with Crippen LogP contribution >= 0.6 is 0 Å². The van der Waals surface area contributed by atoms with Crippen molar-refractivity contribution in [2.75, 3.05) is 0 Å². The fourth-order valence-electron chi connectivity index (χ4n) is 2.40. The number of hydrogen-bond acceptors (Lipinski definition) is 1. The Balaban J connectivity index is 2.24. The molecule has 0 amide bonds. The average molecular weight is 204 g/mol. The molecule has 1 aliphatic rings. The molecule has 0 saturated heterocycles. The average Bonchev–Trinajstić information content (AvgIpc) is 2.59. The van der Waals surface area contributed by atoms with Crippen LogP contribution in [0.5, 0.6) is 0 Å². The summed E-state index contributed by atoms with van der Waals surface area (Å²) in [6, 6.07) is 6.44. The van der Waals surface area contributed by atoms with Crippen LogP contribution in [0.15, 0.2) is 18.2 Å². The van der Waals surface area contributed by atoms with Gasteiger partial charge >= 0.3 is 0 Å². The van der Waals surface area contributed by atoms with Crippen molar-refractivity contribution in [1.29, 1.82) is 0 Å². The number of benzene rings is 1. The fraction of sp³-hybridized carbons (Fsp3) is 0.571. The summed E-state index contributed by atoms with van der Waals surface area (Å²) in [5.74, 6) is 1.55. The van der Waals surface area contributed by atoms with E-state index in [1.165, 1.54) is 24.0 Å². The van der Waals surface area contributed by atoms with Crippen molar-refractivity contribution < 1.29 is 5.11 Å². The second-order valence-electron chi connectivity index (χ2n) is 5.12. The van der Waals surface area contributed by atoms with Crippen LogP contribution in [0.1, 0.15) is 43.6 Å². The zero-order chi connectivity index (χ0) is 11.0. The summed E-state index contributed by atoms with van der Waals surface area (Å²) in [6.45, 7) is 6.43. The van der Waals surface area contributed by atoms with Gasteiger partial charge in [0.2, 0.25) is 0 Å². The normalized spacial score (nSPS) is 21.8. The summed E-state index contributed by atoms with van der Waals surface area (Å²) in [6.07, 6.45) is 2.06. The molecule has 1 aliphatic carbocycles. The molecule has 15 heavy (non-hydrogen) atoms. The molecular weight excluding hydrogens is 184 g/mol. The smallest absolute Gasteiger partial charge is 0.0762 e. The highest BCUT2D eigenvalue weighted by Crippen LogP contribution is 2.32. The highest BCUT2D eigenvalue weighted by molar-refractivity contribution is 5.37. The van der Waals surface area contributed by atoms with Crippen LogP contribution in [0, 0.1) is 11.8 Å². The van der Waals surface area contributed by atoms with E-state index in [4.69, 9.17) is 0 Å². The van der Waals surface area contributed by atoms with Gasteiger partial charge in [-0.05, 0) is 48.3 Å². The van der Waals surface area contributed by atoms with Crippen molar-refractivity contribution in [3.05, 3.63) is 34.9 Å². The fourth-order valence-corrected chi connectivity index (χ4v) is 2.40. The van der Waals surface area contributed by atoms with E-state index < -0.39 is 0 Å². The van der Waals surface area contributed by atoms with Crippen molar-refractivity contribution in [1.82, 2.24) is 0 Å². The lowest BCUT2D eigenvalue weighted by Gasteiger charge is -2.12. The minimum atomic E-state index is -0.339. The minimum absolute atomic E-state index is 0.339. The van der Waals surface area contributed by atoms with Crippen molar-refractivity contribution in [3.63, 3.8) is 0 Å². The maximum absolute atomic E-state index is 9.53. The number of aliphatic hydroxyl groups excluding tert-OH is 1. The van der Waals surface area contributed by atoms with Gasteiger partial charge in [0.25, 0.3) is 0 Å². The first-order valence-electron chi connectivity index (χ1n) is 5.87. The zero-order valence-corrected chi connectivity index (χ0v) is 9.83. The van der Waals surface area contributed by atoms with Gasteiger partial charge in [-0.15, -0.1) is 0 Å². The molecule has 0 unspecified atom stereocenters. The second-order valence-corrected chi connectivity index (χ2v) is 5.12. The molecule has 0 aliphatic heterocycles. The Kier molecular flexibility index (Phi) is 2.83. The first-order valence-corrected chi connectivity index (χ1v) is 5.87. The van der Waals surface area contributed by atoms with Gasteiger partial charge in [0.15, 0.2) is 0 Å². The first kappa shape index (κ1) is 10.7. The molecule has 0 radical (unpaired) electrons. The molecule has 1 aromatic rings. The lowest BCUT2D eigenvalue weighted by molar-refractivity contribution is 0.199. The molecule has 0 spiro atoms. The quantitative estimate of drug-likeness (QED) is 0.784. The van der Waals surface area contributed by atoms with Crippen LogP contribution in [-0.2, 0) is 12.8 Å². The number of hydrogen-bond donors (Lipinski definition) is 1. The molecule has 0 fully saturated rings. The number of fused-ring (bicyclic) bond motifs is 1. The van der Waals surface area contributed by atoms with Crippen LogP contribution in [0.25, 0.3) is 0 Å². The van der Waals surface area contributed by atoms with E-state index in [1.807, 2.05) is 6.92 Å². The lowest BCUT2D eigenvalue weighted by atomic mass is 9.93. The summed E-state index contributed by atoms with van der Waals surface area (Å²) >= 11 is 0. The second kappa shape index (κ2) is 3.97. The van der Waals surface area contributed by atoms with Gasteiger partial charge in [-0.25, -0.2) is 0 Å². The van der Waals surface area contributed by atoms with Gasteiger partial charge in [-0.2, -0.15) is 0 Å². The molecule has 1 N–H and O–H groups in total. The highest BCUT2D eigenvalue weighted by atomic mass is 16.3. The standard InChI is InChI=1S/C14H20O/c1-9(2)13-7-12-5-4-11(10(3)15)6-14(12)8-13/h4-6,9-10,13,15H,7-8H2,1-3H3/t10-,13+/m0/s1. The molecule has 0 saturated carbocycles. The summed E-state index contributed by atoms with van der Waals surface area (Å²) in [5, 5.41) is 9.53. The molecule has 1 aromatic carbocycles.